The summed E-state index contributed by atoms with van der Waals surface area (Å²) in [6.45, 7) is 4.29. The van der Waals surface area contributed by atoms with Crippen molar-refractivity contribution in [2.75, 3.05) is 31.2 Å². The van der Waals surface area contributed by atoms with Crippen molar-refractivity contribution in [1.82, 2.24) is 10.3 Å². The Bertz CT molecular complexity index is 753. The standard InChI is InChI=1S/C20H25N3O3/c24-17-4-2-8-23(14-17)20-16(3-1-7-22-20)13-21-12-15-5-6-18-19(11-15)26-10-9-25-18/h1,3,5-7,11,17,21,24H,2,4,8-10,12-14H2. The third kappa shape index (κ3) is 3.92. The predicted octanol–water partition coefficient (Wildman–Crippen LogP) is 2.10. The first-order chi connectivity index (χ1) is 12.8. The number of hydrogen-bond donors (Lipinski definition) is 2. The molecule has 2 aliphatic rings. The zero-order valence-electron chi connectivity index (χ0n) is 14.9. The maximum atomic E-state index is 9.95. The Labute approximate surface area is 153 Å². The quantitative estimate of drug-likeness (QED) is 0.856. The molecule has 0 aliphatic carbocycles. The van der Waals surface area contributed by atoms with Gasteiger partial charge in [-0.25, -0.2) is 4.98 Å². The molecule has 0 spiro atoms. The molecule has 138 valence electrons. The number of fused-ring (bicyclic) bond motifs is 1. The number of benzene rings is 1. The van der Waals surface area contributed by atoms with E-state index in [0.717, 1.165) is 60.9 Å². The van der Waals surface area contributed by atoms with Crippen molar-refractivity contribution in [3.8, 4) is 11.5 Å². The van der Waals surface area contributed by atoms with Crippen LogP contribution in [0.2, 0.25) is 0 Å². The molecule has 6 nitrogen and oxygen atoms in total. The van der Waals surface area contributed by atoms with Crippen molar-refractivity contribution < 1.29 is 14.6 Å². The zero-order chi connectivity index (χ0) is 17.8. The van der Waals surface area contributed by atoms with E-state index in [2.05, 4.69) is 27.3 Å². The second kappa shape index (κ2) is 7.93. The Morgan fingerprint density at radius 3 is 2.92 bits per heavy atom. The molecule has 3 heterocycles. The first-order valence-electron chi connectivity index (χ1n) is 9.26. The van der Waals surface area contributed by atoms with Crippen LogP contribution in [0.1, 0.15) is 24.0 Å². The number of ether oxygens (including phenoxy) is 2. The Hall–Kier alpha value is -2.31. The minimum absolute atomic E-state index is 0.260. The summed E-state index contributed by atoms with van der Waals surface area (Å²) in [6.07, 6.45) is 3.44. The first kappa shape index (κ1) is 17.1. The number of aliphatic hydroxyl groups excluding tert-OH is 1. The molecular weight excluding hydrogens is 330 g/mol. The lowest BCUT2D eigenvalue weighted by molar-refractivity contribution is 0.154. The van der Waals surface area contributed by atoms with E-state index in [1.165, 1.54) is 0 Å². The molecule has 2 aliphatic heterocycles. The number of nitrogens with zero attached hydrogens (tertiary/aromatic N) is 2. The van der Waals surface area contributed by atoms with Gasteiger partial charge in [-0.05, 0) is 36.6 Å². The van der Waals surface area contributed by atoms with Crippen molar-refractivity contribution in [2.45, 2.75) is 32.0 Å². The number of rotatable bonds is 5. The number of nitrogens with one attached hydrogen (secondary N) is 1. The Balaban J connectivity index is 1.39. The fourth-order valence-electron chi connectivity index (χ4n) is 3.54. The van der Waals surface area contributed by atoms with Crippen molar-refractivity contribution in [1.29, 1.82) is 0 Å². The van der Waals surface area contributed by atoms with E-state index in [1.54, 1.807) is 0 Å². The van der Waals surface area contributed by atoms with E-state index in [9.17, 15) is 5.11 Å². The summed E-state index contributed by atoms with van der Waals surface area (Å²) >= 11 is 0. The highest BCUT2D eigenvalue weighted by Crippen LogP contribution is 2.30. The molecule has 1 atom stereocenters. The van der Waals surface area contributed by atoms with Crippen molar-refractivity contribution in [3.63, 3.8) is 0 Å². The smallest absolute Gasteiger partial charge is 0.161 e. The molecule has 26 heavy (non-hydrogen) atoms. The van der Waals surface area contributed by atoms with E-state index in [-0.39, 0.29) is 6.10 Å². The van der Waals surface area contributed by atoms with E-state index in [4.69, 9.17) is 9.47 Å². The highest BCUT2D eigenvalue weighted by molar-refractivity contribution is 5.47. The number of aliphatic hydroxyl groups is 1. The van der Waals surface area contributed by atoms with Crippen LogP contribution in [-0.4, -0.2) is 42.5 Å². The number of piperidine rings is 1. The number of pyridine rings is 1. The molecule has 4 rings (SSSR count). The van der Waals surface area contributed by atoms with Crippen LogP contribution in [-0.2, 0) is 13.1 Å². The van der Waals surface area contributed by atoms with E-state index in [1.807, 2.05) is 24.4 Å². The lowest BCUT2D eigenvalue weighted by Crippen LogP contribution is -2.39. The second-order valence-electron chi connectivity index (χ2n) is 6.81. The lowest BCUT2D eigenvalue weighted by atomic mass is 10.1. The number of aromatic nitrogens is 1. The van der Waals surface area contributed by atoms with Gasteiger partial charge in [0.05, 0.1) is 6.10 Å². The number of β-amino-alcohol motifs (C(OH)–C–C–N with tert-alkyl or cyclic N) is 1. The van der Waals surface area contributed by atoms with Crippen molar-refractivity contribution in [3.05, 3.63) is 47.7 Å². The normalized spacial score (nSPS) is 19.4. The summed E-state index contributed by atoms with van der Waals surface area (Å²) in [6, 6.07) is 10.1. The predicted molar refractivity (Wildman–Crippen MR) is 99.7 cm³/mol. The SMILES string of the molecule is OC1CCCN(c2ncccc2CNCc2ccc3c(c2)OCCO3)C1. The van der Waals surface area contributed by atoms with E-state index < -0.39 is 0 Å². The Morgan fingerprint density at radius 2 is 2.04 bits per heavy atom. The summed E-state index contributed by atoms with van der Waals surface area (Å²) in [7, 11) is 0. The average Bonchev–Trinajstić information content (AvgIpc) is 2.68. The van der Waals surface area contributed by atoms with Crippen LogP contribution in [0, 0.1) is 0 Å². The lowest BCUT2D eigenvalue weighted by Gasteiger charge is -2.32. The Kier molecular flexibility index (Phi) is 5.22. The summed E-state index contributed by atoms with van der Waals surface area (Å²) in [5.41, 5.74) is 2.31. The van der Waals surface area contributed by atoms with Crippen LogP contribution in [0.3, 0.4) is 0 Å². The summed E-state index contributed by atoms with van der Waals surface area (Å²) in [4.78, 5) is 6.75. The van der Waals surface area contributed by atoms with Gasteiger partial charge >= 0.3 is 0 Å². The molecule has 0 bridgehead atoms. The number of anilines is 1. The van der Waals surface area contributed by atoms with Crippen molar-refractivity contribution >= 4 is 5.82 Å². The topological polar surface area (TPSA) is 66.9 Å². The summed E-state index contributed by atoms with van der Waals surface area (Å²) < 4.78 is 11.2. The highest BCUT2D eigenvalue weighted by Gasteiger charge is 2.20. The molecule has 1 aromatic carbocycles. The van der Waals surface area contributed by atoms with Crippen LogP contribution in [0.25, 0.3) is 0 Å². The molecule has 0 radical (unpaired) electrons. The molecule has 2 N–H and O–H groups in total. The van der Waals surface area contributed by atoms with Crippen LogP contribution < -0.4 is 19.7 Å². The van der Waals surface area contributed by atoms with E-state index in [0.29, 0.717) is 19.8 Å². The monoisotopic (exact) mass is 355 g/mol. The third-order valence-electron chi connectivity index (χ3n) is 4.81. The molecule has 1 saturated heterocycles. The summed E-state index contributed by atoms with van der Waals surface area (Å²) in [5.74, 6) is 2.61. The molecular formula is C20H25N3O3. The van der Waals surface area contributed by atoms with Gasteiger partial charge in [0.2, 0.25) is 0 Å². The molecule has 1 fully saturated rings. The van der Waals surface area contributed by atoms with Crippen LogP contribution >= 0.6 is 0 Å². The zero-order valence-corrected chi connectivity index (χ0v) is 14.9. The van der Waals surface area contributed by atoms with E-state index >= 15 is 0 Å². The molecule has 6 heteroatoms. The van der Waals surface area contributed by atoms with Gasteiger partial charge in [0.25, 0.3) is 0 Å². The maximum absolute atomic E-state index is 9.95. The van der Waals surface area contributed by atoms with Gasteiger partial charge in [-0.2, -0.15) is 0 Å². The van der Waals surface area contributed by atoms with Crippen LogP contribution in [0.5, 0.6) is 11.5 Å². The summed E-state index contributed by atoms with van der Waals surface area (Å²) in [5, 5.41) is 13.4. The van der Waals surface area contributed by atoms with Gasteiger partial charge in [-0.3, -0.25) is 0 Å². The van der Waals surface area contributed by atoms with Gasteiger partial charge in [0, 0.05) is 37.9 Å². The fourth-order valence-corrected chi connectivity index (χ4v) is 3.54. The van der Waals surface area contributed by atoms with Gasteiger partial charge in [-0.15, -0.1) is 0 Å². The Morgan fingerprint density at radius 1 is 1.15 bits per heavy atom. The van der Waals surface area contributed by atoms with Crippen LogP contribution in [0.4, 0.5) is 5.82 Å². The molecule has 2 aromatic rings. The molecule has 1 unspecified atom stereocenters. The molecule has 0 amide bonds. The highest BCUT2D eigenvalue weighted by atomic mass is 16.6. The largest absolute Gasteiger partial charge is 0.486 e. The van der Waals surface area contributed by atoms with Gasteiger partial charge in [0.1, 0.15) is 19.0 Å². The number of hydrogen-bond acceptors (Lipinski definition) is 6. The average molecular weight is 355 g/mol. The first-order valence-corrected chi connectivity index (χ1v) is 9.26. The van der Waals surface area contributed by atoms with Gasteiger partial charge in [0.15, 0.2) is 11.5 Å². The van der Waals surface area contributed by atoms with Gasteiger partial charge < -0.3 is 24.8 Å². The minimum atomic E-state index is -0.260. The third-order valence-corrected chi connectivity index (χ3v) is 4.81. The molecule has 0 saturated carbocycles. The molecule has 1 aromatic heterocycles. The second-order valence-corrected chi connectivity index (χ2v) is 6.81. The van der Waals surface area contributed by atoms with Crippen molar-refractivity contribution in [2.24, 2.45) is 0 Å². The minimum Gasteiger partial charge on any atom is -0.486 e. The van der Waals surface area contributed by atoms with Crippen LogP contribution in [0.15, 0.2) is 36.5 Å². The van der Waals surface area contributed by atoms with Gasteiger partial charge in [-0.1, -0.05) is 12.1 Å². The fraction of sp³-hybridized carbons (Fsp3) is 0.450. The maximum Gasteiger partial charge on any atom is 0.161 e.